The Kier molecular flexibility index (Phi) is 6.85. The van der Waals surface area contributed by atoms with E-state index in [2.05, 4.69) is 53.4 Å². The normalized spacial score (nSPS) is 14.5. The molecule has 1 amide bonds. The van der Waals surface area contributed by atoms with Crippen molar-refractivity contribution in [2.45, 2.75) is 6.04 Å². The van der Waals surface area contributed by atoms with Crippen LogP contribution in [0, 0.1) is 0 Å². The lowest BCUT2D eigenvalue weighted by Crippen LogP contribution is -2.51. The molecule has 1 fully saturated rings. The van der Waals surface area contributed by atoms with Gasteiger partial charge in [0.15, 0.2) is 6.61 Å². The minimum absolute atomic E-state index is 0.0124. The number of hydrogen-bond acceptors (Lipinski definition) is 4. The molecule has 0 atom stereocenters. The molecule has 0 spiro atoms. The van der Waals surface area contributed by atoms with Crippen LogP contribution in [0.5, 0.6) is 11.5 Å². The molecule has 0 radical (unpaired) electrons. The van der Waals surface area contributed by atoms with Crippen molar-refractivity contribution in [2.24, 2.45) is 0 Å². The molecule has 1 saturated heterocycles. The summed E-state index contributed by atoms with van der Waals surface area (Å²) in [5, 5.41) is 0. The van der Waals surface area contributed by atoms with E-state index in [-0.39, 0.29) is 18.6 Å². The number of methoxy groups -OCH3 is 1. The standard InChI is InChI=1S/C26H28N2O3/c1-30-23-13-8-14-24(19-23)31-20-25(29)27-15-17-28(18-16-27)26(21-9-4-2-5-10-21)22-11-6-3-7-12-22/h2-14,19,26H,15-18,20H2,1H3. The fraction of sp³-hybridized carbons (Fsp3) is 0.269. The number of ether oxygens (including phenoxy) is 2. The average Bonchev–Trinajstić information content (AvgIpc) is 2.84. The molecule has 160 valence electrons. The Bertz CT molecular complexity index is 931. The SMILES string of the molecule is COc1cccc(OCC(=O)N2CCN(C(c3ccccc3)c3ccccc3)CC2)c1. The first-order valence-electron chi connectivity index (χ1n) is 10.6. The Morgan fingerprint density at radius 1 is 0.806 bits per heavy atom. The summed E-state index contributed by atoms with van der Waals surface area (Å²) in [5.74, 6) is 1.37. The molecule has 0 aliphatic carbocycles. The zero-order valence-electron chi connectivity index (χ0n) is 17.8. The summed E-state index contributed by atoms with van der Waals surface area (Å²) < 4.78 is 10.9. The first-order chi connectivity index (χ1) is 15.2. The van der Waals surface area contributed by atoms with Gasteiger partial charge in [0.25, 0.3) is 5.91 Å². The van der Waals surface area contributed by atoms with Crippen molar-refractivity contribution in [3.63, 3.8) is 0 Å². The molecule has 1 heterocycles. The summed E-state index contributed by atoms with van der Waals surface area (Å²) in [5.41, 5.74) is 2.55. The second-order valence-electron chi connectivity index (χ2n) is 7.61. The first-order valence-corrected chi connectivity index (χ1v) is 10.6. The summed E-state index contributed by atoms with van der Waals surface area (Å²) in [4.78, 5) is 17.0. The topological polar surface area (TPSA) is 42.0 Å². The Hall–Kier alpha value is -3.31. The zero-order chi connectivity index (χ0) is 21.5. The van der Waals surface area contributed by atoms with Crippen LogP contribution in [0.3, 0.4) is 0 Å². The average molecular weight is 417 g/mol. The van der Waals surface area contributed by atoms with Crippen molar-refractivity contribution in [3.05, 3.63) is 96.1 Å². The van der Waals surface area contributed by atoms with Crippen LogP contribution in [0.15, 0.2) is 84.9 Å². The summed E-state index contributed by atoms with van der Waals surface area (Å²) in [6.07, 6.45) is 0. The Morgan fingerprint density at radius 2 is 1.39 bits per heavy atom. The van der Waals surface area contributed by atoms with Crippen LogP contribution < -0.4 is 9.47 Å². The van der Waals surface area contributed by atoms with Crippen LogP contribution in [-0.4, -0.2) is 55.6 Å². The third kappa shape index (κ3) is 5.25. The van der Waals surface area contributed by atoms with Crippen molar-refractivity contribution in [2.75, 3.05) is 39.9 Å². The van der Waals surface area contributed by atoms with Gasteiger partial charge in [-0.25, -0.2) is 0 Å². The molecule has 1 aliphatic rings. The summed E-state index contributed by atoms with van der Waals surface area (Å²) in [7, 11) is 1.61. The third-order valence-corrected chi connectivity index (χ3v) is 5.67. The molecule has 0 unspecified atom stereocenters. The van der Waals surface area contributed by atoms with Crippen molar-refractivity contribution in [3.8, 4) is 11.5 Å². The van der Waals surface area contributed by atoms with E-state index in [0.717, 1.165) is 13.1 Å². The molecule has 0 N–H and O–H groups in total. The lowest BCUT2D eigenvalue weighted by atomic mass is 9.96. The van der Waals surface area contributed by atoms with E-state index in [1.165, 1.54) is 11.1 Å². The van der Waals surface area contributed by atoms with E-state index < -0.39 is 0 Å². The van der Waals surface area contributed by atoms with Gasteiger partial charge in [-0.1, -0.05) is 66.7 Å². The van der Waals surface area contributed by atoms with E-state index in [1.807, 2.05) is 35.2 Å². The second-order valence-corrected chi connectivity index (χ2v) is 7.61. The Morgan fingerprint density at radius 3 is 1.97 bits per heavy atom. The smallest absolute Gasteiger partial charge is 0.260 e. The molecule has 3 aromatic rings. The minimum atomic E-state index is 0.0124. The van der Waals surface area contributed by atoms with E-state index in [4.69, 9.17) is 9.47 Å². The predicted molar refractivity (Wildman–Crippen MR) is 121 cm³/mol. The largest absolute Gasteiger partial charge is 0.497 e. The van der Waals surface area contributed by atoms with Gasteiger partial charge < -0.3 is 14.4 Å². The lowest BCUT2D eigenvalue weighted by Gasteiger charge is -2.39. The molecular weight excluding hydrogens is 388 g/mol. The lowest BCUT2D eigenvalue weighted by molar-refractivity contribution is -0.135. The molecule has 5 heteroatoms. The van der Waals surface area contributed by atoms with Gasteiger partial charge in [0.1, 0.15) is 11.5 Å². The maximum absolute atomic E-state index is 12.7. The van der Waals surface area contributed by atoms with Crippen LogP contribution in [0.25, 0.3) is 0 Å². The van der Waals surface area contributed by atoms with Gasteiger partial charge in [0.2, 0.25) is 0 Å². The van der Waals surface area contributed by atoms with Crippen LogP contribution in [0.4, 0.5) is 0 Å². The van der Waals surface area contributed by atoms with E-state index in [1.54, 1.807) is 13.2 Å². The monoisotopic (exact) mass is 416 g/mol. The number of hydrogen-bond donors (Lipinski definition) is 0. The van der Waals surface area contributed by atoms with Crippen LogP contribution >= 0.6 is 0 Å². The highest BCUT2D eigenvalue weighted by atomic mass is 16.5. The Balaban J connectivity index is 1.38. The first kappa shape index (κ1) is 20.9. The molecule has 0 aromatic heterocycles. The fourth-order valence-electron chi connectivity index (χ4n) is 4.04. The highest BCUT2D eigenvalue weighted by Crippen LogP contribution is 2.29. The van der Waals surface area contributed by atoms with Gasteiger partial charge in [-0.05, 0) is 23.3 Å². The number of carbonyl (C=O) groups is 1. The molecular formula is C26H28N2O3. The highest BCUT2D eigenvalue weighted by molar-refractivity contribution is 5.78. The summed E-state index contributed by atoms with van der Waals surface area (Å²) >= 11 is 0. The molecule has 1 aliphatic heterocycles. The molecule has 3 aromatic carbocycles. The number of amides is 1. The van der Waals surface area contributed by atoms with Gasteiger partial charge >= 0.3 is 0 Å². The zero-order valence-corrected chi connectivity index (χ0v) is 17.8. The molecule has 31 heavy (non-hydrogen) atoms. The summed E-state index contributed by atoms with van der Waals surface area (Å²) in [6.45, 7) is 3.06. The molecule has 0 bridgehead atoms. The second kappa shape index (κ2) is 10.1. The van der Waals surface area contributed by atoms with Crippen molar-refractivity contribution in [1.29, 1.82) is 0 Å². The van der Waals surface area contributed by atoms with E-state index in [0.29, 0.717) is 24.6 Å². The maximum Gasteiger partial charge on any atom is 0.260 e. The van der Waals surface area contributed by atoms with Gasteiger partial charge in [0, 0.05) is 32.2 Å². The van der Waals surface area contributed by atoms with Crippen LogP contribution in [0.2, 0.25) is 0 Å². The number of carbonyl (C=O) groups excluding carboxylic acids is 1. The maximum atomic E-state index is 12.7. The van der Waals surface area contributed by atoms with Gasteiger partial charge in [0.05, 0.1) is 13.2 Å². The fourth-order valence-corrected chi connectivity index (χ4v) is 4.04. The Labute approximate surface area is 183 Å². The quantitative estimate of drug-likeness (QED) is 0.584. The minimum Gasteiger partial charge on any atom is -0.497 e. The molecule has 5 nitrogen and oxygen atoms in total. The molecule has 4 rings (SSSR count). The van der Waals surface area contributed by atoms with Crippen molar-refractivity contribution in [1.82, 2.24) is 9.80 Å². The third-order valence-electron chi connectivity index (χ3n) is 5.67. The van der Waals surface area contributed by atoms with Gasteiger partial charge in [-0.2, -0.15) is 0 Å². The number of benzene rings is 3. The number of piperazine rings is 1. The predicted octanol–water partition coefficient (Wildman–Crippen LogP) is 4.01. The highest BCUT2D eigenvalue weighted by Gasteiger charge is 2.28. The van der Waals surface area contributed by atoms with E-state index >= 15 is 0 Å². The number of nitrogens with zero attached hydrogens (tertiary/aromatic N) is 2. The van der Waals surface area contributed by atoms with Gasteiger partial charge in [-0.15, -0.1) is 0 Å². The van der Waals surface area contributed by atoms with Gasteiger partial charge in [-0.3, -0.25) is 9.69 Å². The van der Waals surface area contributed by atoms with Crippen LogP contribution in [-0.2, 0) is 4.79 Å². The van der Waals surface area contributed by atoms with Crippen LogP contribution in [0.1, 0.15) is 17.2 Å². The summed E-state index contributed by atoms with van der Waals surface area (Å²) in [6, 6.07) is 28.6. The number of rotatable bonds is 7. The van der Waals surface area contributed by atoms with Crippen molar-refractivity contribution < 1.29 is 14.3 Å². The van der Waals surface area contributed by atoms with E-state index in [9.17, 15) is 4.79 Å². The molecule has 0 saturated carbocycles. The van der Waals surface area contributed by atoms with Crippen molar-refractivity contribution >= 4 is 5.91 Å².